The number of benzene rings is 1. The van der Waals surface area contributed by atoms with E-state index in [1.54, 1.807) is 6.07 Å². The zero-order valence-corrected chi connectivity index (χ0v) is 14.5. The minimum atomic E-state index is -0.764. The van der Waals surface area contributed by atoms with Crippen LogP contribution in [0.2, 0.25) is 0 Å². The van der Waals surface area contributed by atoms with Crippen molar-refractivity contribution in [2.24, 2.45) is 11.8 Å². The van der Waals surface area contributed by atoms with Crippen LogP contribution in [0.1, 0.15) is 81.3 Å². The molecule has 132 valence electrons. The number of carboxylic acids is 1. The quantitative estimate of drug-likeness (QED) is 0.774. The van der Waals surface area contributed by atoms with Crippen molar-refractivity contribution in [2.75, 3.05) is 0 Å². The van der Waals surface area contributed by atoms with E-state index in [1.807, 2.05) is 6.07 Å². The van der Waals surface area contributed by atoms with E-state index in [4.69, 9.17) is 5.11 Å². The van der Waals surface area contributed by atoms with Crippen LogP contribution in [-0.4, -0.2) is 16.2 Å². The Morgan fingerprint density at radius 3 is 2.50 bits per heavy atom. The number of hydrogen-bond acceptors (Lipinski definition) is 2. The zero-order chi connectivity index (χ0) is 16.9. The summed E-state index contributed by atoms with van der Waals surface area (Å²) in [4.78, 5) is 10.8. The van der Waals surface area contributed by atoms with Crippen molar-refractivity contribution in [2.45, 2.75) is 76.5 Å². The molecule has 3 rings (SSSR count). The summed E-state index contributed by atoms with van der Waals surface area (Å²) in [5.41, 5.74) is 2.09. The third-order valence-electron chi connectivity index (χ3n) is 6.19. The van der Waals surface area contributed by atoms with E-state index in [0.717, 1.165) is 29.4 Å². The van der Waals surface area contributed by atoms with Crippen LogP contribution in [0.25, 0.3) is 0 Å². The summed E-state index contributed by atoms with van der Waals surface area (Å²) in [6.45, 7) is 0. The molecule has 0 spiro atoms. The van der Waals surface area contributed by atoms with Crippen molar-refractivity contribution in [1.82, 2.24) is 0 Å². The van der Waals surface area contributed by atoms with Gasteiger partial charge >= 0.3 is 5.97 Å². The van der Waals surface area contributed by atoms with Crippen molar-refractivity contribution in [3.8, 4) is 5.75 Å². The number of carbonyl (C=O) groups is 1. The van der Waals surface area contributed by atoms with Gasteiger partial charge < -0.3 is 10.2 Å². The number of rotatable bonds is 5. The maximum absolute atomic E-state index is 10.8. The number of aromatic hydroxyl groups is 1. The zero-order valence-electron chi connectivity index (χ0n) is 14.5. The van der Waals surface area contributed by atoms with Gasteiger partial charge in [0.05, 0.1) is 0 Å². The van der Waals surface area contributed by atoms with Gasteiger partial charge in [-0.3, -0.25) is 4.79 Å². The Balaban J connectivity index is 1.70. The van der Waals surface area contributed by atoms with Crippen LogP contribution in [0.5, 0.6) is 5.75 Å². The minimum absolute atomic E-state index is 0.152. The smallest absolute Gasteiger partial charge is 0.303 e. The molecule has 0 amide bonds. The Morgan fingerprint density at radius 1 is 1.00 bits per heavy atom. The van der Waals surface area contributed by atoms with Crippen LogP contribution < -0.4 is 0 Å². The molecule has 0 heterocycles. The highest BCUT2D eigenvalue weighted by molar-refractivity contribution is 5.67. The molecule has 0 aliphatic heterocycles. The normalized spacial score (nSPS) is 25.5. The van der Waals surface area contributed by atoms with Crippen molar-refractivity contribution in [1.29, 1.82) is 0 Å². The van der Waals surface area contributed by atoms with Crippen LogP contribution in [0.3, 0.4) is 0 Å². The summed E-state index contributed by atoms with van der Waals surface area (Å²) in [7, 11) is 0. The maximum Gasteiger partial charge on any atom is 0.303 e. The lowest BCUT2D eigenvalue weighted by Crippen LogP contribution is -2.24. The molecule has 1 aromatic rings. The third kappa shape index (κ3) is 4.31. The summed E-state index contributed by atoms with van der Waals surface area (Å²) in [6.07, 6.45) is 12.6. The molecular weight excluding hydrogens is 300 g/mol. The number of carboxylic acid groups (broad SMARTS) is 1. The lowest BCUT2D eigenvalue weighted by Gasteiger charge is -2.37. The molecule has 2 unspecified atom stereocenters. The SMILES string of the molecule is O=C(O)CCc1ccc(O)c(C2CCCC(C3CCCCC3)C2)c1. The molecule has 3 heteroatoms. The molecule has 2 N–H and O–H groups in total. The predicted octanol–water partition coefficient (Wildman–Crippen LogP) is 5.26. The third-order valence-corrected chi connectivity index (χ3v) is 6.19. The van der Waals surface area contributed by atoms with E-state index >= 15 is 0 Å². The van der Waals surface area contributed by atoms with Gasteiger partial charge in [0.25, 0.3) is 0 Å². The Kier molecular flexibility index (Phi) is 5.80. The summed E-state index contributed by atoms with van der Waals surface area (Å²) in [6, 6.07) is 5.69. The van der Waals surface area contributed by atoms with Gasteiger partial charge in [-0.25, -0.2) is 0 Å². The molecule has 3 nitrogen and oxygen atoms in total. The average molecular weight is 330 g/mol. The van der Waals surface area contributed by atoms with Gasteiger partial charge in [-0.1, -0.05) is 57.1 Å². The van der Waals surface area contributed by atoms with Gasteiger partial charge in [0.1, 0.15) is 5.75 Å². The molecule has 0 bridgehead atoms. The summed E-state index contributed by atoms with van der Waals surface area (Å²) in [5.74, 6) is 1.77. The number of phenolic OH excluding ortho intramolecular Hbond substituents is 1. The lowest BCUT2D eigenvalue weighted by atomic mass is 9.69. The fraction of sp³-hybridized carbons (Fsp3) is 0.667. The second-order valence-corrected chi connectivity index (χ2v) is 7.81. The lowest BCUT2D eigenvalue weighted by molar-refractivity contribution is -0.136. The molecule has 2 fully saturated rings. The Morgan fingerprint density at radius 2 is 1.75 bits per heavy atom. The Labute approximate surface area is 145 Å². The predicted molar refractivity (Wildman–Crippen MR) is 95.3 cm³/mol. The van der Waals surface area contributed by atoms with Crippen LogP contribution in [0, 0.1) is 11.8 Å². The van der Waals surface area contributed by atoms with Gasteiger partial charge in [-0.15, -0.1) is 0 Å². The van der Waals surface area contributed by atoms with Crippen molar-refractivity contribution < 1.29 is 15.0 Å². The summed E-state index contributed by atoms with van der Waals surface area (Å²) in [5, 5.41) is 19.2. The second kappa shape index (κ2) is 8.04. The van der Waals surface area contributed by atoms with Gasteiger partial charge in [0.15, 0.2) is 0 Å². The largest absolute Gasteiger partial charge is 0.508 e. The number of aryl methyl sites for hydroxylation is 1. The van der Waals surface area contributed by atoms with E-state index in [0.29, 0.717) is 18.1 Å². The van der Waals surface area contributed by atoms with Crippen LogP contribution >= 0.6 is 0 Å². The first-order chi connectivity index (χ1) is 11.6. The average Bonchev–Trinajstić information content (AvgIpc) is 2.62. The molecule has 2 atom stereocenters. The van der Waals surface area contributed by atoms with Gasteiger partial charge in [0.2, 0.25) is 0 Å². The molecule has 0 radical (unpaired) electrons. The number of aliphatic carboxylic acids is 1. The Bertz CT molecular complexity index is 560. The first-order valence-electron chi connectivity index (χ1n) is 9.67. The van der Waals surface area contributed by atoms with Gasteiger partial charge in [0, 0.05) is 6.42 Å². The second-order valence-electron chi connectivity index (χ2n) is 7.81. The highest BCUT2D eigenvalue weighted by Gasteiger charge is 2.31. The van der Waals surface area contributed by atoms with Gasteiger partial charge in [-0.05, 0) is 54.2 Å². The van der Waals surface area contributed by atoms with E-state index in [2.05, 4.69) is 6.07 Å². The first-order valence-corrected chi connectivity index (χ1v) is 9.67. The molecule has 2 saturated carbocycles. The van der Waals surface area contributed by atoms with E-state index in [9.17, 15) is 9.90 Å². The van der Waals surface area contributed by atoms with Crippen LogP contribution in [0.4, 0.5) is 0 Å². The fourth-order valence-electron chi connectivity index (χ4n) is 4.88. The number of phenols is 1. The number of hydrogen-bond donors (Lipinski definition) is 2. The van der Waals surface area contributed by atoms with Crippen LogP contribution in [-0.2, 0) is 11.2 Å². The molecule has 24 heavy (non-hydrogen) atoms. The Hall–Kier alpha value is -1.51. The van der Waals surface area contributed by atoms with Crippen LogP contribution in [0.15, 0.2) is 18.2 Å². The molecule has 0 saturated heterocycles. The van der Waals surface area contributed by atoms with Crippen molar-refractivity contribution in [3.63, 3.8) is 0 Å². The minimum Gasteiger partial charge on any atom is -0.508 e. The standard InChI is InChI=1S/C21H30O3/c22-20-11-9-15(10-12-21(23)24)13-19(20)18-8-4-7-17(14-18)16-5-2-1-3-6-16/h9,11,13,16-18,22H,1-8,10,12,14H2,(H,23,24). The van der Waals surface area contributed by atoms with Crippen molar-refractivity contribution >= 4 is 5.97 Å². The summed E-state index contributed by atoms with van der Waals surface area (Å²) < 4.78 is 0. The van der Waals surface area contributed by atoms with E-state index in [-0.39, 0.29) is 6.42 Å². The highest BCUT2D eigenvalue weighted by atomic mass is 16.4. The first kappa shape index (κ1) is 17.3. The molecule has 2 aliphatic rings. The monoisotopic (exact) mass is 330 g/mol. The molecule has 1 aromatic carbocycles. The molecule has 0 aromatic heterocycles. The molecule has 2 aliphatic carbocycles. The topological polar surface area (TPSA) is 57.5 Å². The fourth-order valence-corrected chi connectivity index (χ4v) is 4.88. The maximum atomic E-state index is 10.8. The highest BCUT2D eigenvalue weighted by Crippen LogP contribution is 2.45. The van der Waals surface area contributed by atoms with E-state index < -0.39 is 5.97 Å². The summed E-state index contributed by atoms with van der Waals surface area (Å²) >= 11 is 0. The van der Waals surface area contributed by atoms with E-state index in [1.165, 1.54) is 51.4 Å². The van der Waals surface area contributed by atoms with Gasteiger partial charge in [-0.2, -0.15) is 0 Å². The van der Waals surface area contributed by atoms with Crippen molar-refractivity contribution in [3.05, 3.63) is 29.3 Å². The molecular formula is C21H30O3.